The summed E-state index contributed by atoms with van der Waals surface area (Å²) >= 11 is 0. The molecule has 0 radical (unpaired) electrons. The van der Waals surface area contributed by atoms with Crippen LogP contribution in [0.5, 0.6) is 0 Å². The molecule has 1 aromatic heterocycles. The van der Waals surface area contributed by atoms with E-state index in [1.54, 1.807) is 0 Å². The molecule has 2 aliphatic rings. The maximum Gasteiger partial charge on any atom is 0.344 e. The van der Waals surface area contributed by atoms with Gasteiger partial charge in [-0.1, -0.05) is 0 Å². The second-order valence-corrected chi connectivity index (χ2v) is 6.77. The first-order valence-corrected chi connectivity index (χ1v) is 8.78. The van der Waals surface area contributed by atoms with Gasteiger partial charge in [0.1, 0.15) is 5.58 Å². The highest BCUT2D eigenvalue weighted by Gasteiger charge is 2.18. The van der Waals surface area contributed by atoms with Gasteiger partial charge in [0.25, 0.3) is 0 Å². The summed E-state index contributed by atoms with van der Waals surface area (Å²) in [6, 6.07) is 8.11. The molecule has 0 unspecified atom stereocenters. The van der Waals surface area contributed by atoms with Gasteiger partial charge in [0, 0.05) is 56.1 Å². The third-order valence-corrected chi connectivity index (χ3v) is 4.98. The minimum atomic E-state index is -0.269. The van der Waals surface area contributed by atoms with E-state index in [9.17, 15) is 4.79 Å². The number of nitrogens with zero attached hydrogens (tertiary/aromatic N) is 1. The number of nitrogens with one attached hydrogen (secondary N) is 2. The highest BCUT2D eigenvalue weighted by atomic mass is 16.4. The lowest BCUT2D eigenvalue weighted by Gasteiger charge is -2.29. The first-order valence-electron chi connectivity index (χ1n) is 8.78. The third-order valence-electron chi connectivity index (χ3n) is 4.98. The Morgan fingerprint density at radius 1 is 1.12 bits per heavy atom. The van der Waals surface area contributed by atoms with E-state index in [1.807, 2.05) is 25.3 Å². The van der Waals surface area contributed by atoms with E-state index in [2.05, 4.69) is 34.6 Å². The monoisotopic (exact) mass is 337 g/mol. The molecule has 5 nitrogen and oxygen atoms in total. The van der Waals surface area contributed by atoms with Gasteiger partial charge in [0.15, 0.2) is 0 Å². The lowest BCUT2D eigenvalue weighted by molar-refractivity contribution is 0.557. The van der Waals surface area contributed by atoms with Crippen molar-refractivity contribution in [3.63, 3.8) is 0 Å². The van der Waals surface area contributed by atoms with Crippen LogP contribution in [-0.4, -0.2) is 32.7 Å². The molecule has 3 heterocycles. The van der Waals surface area contributed by atoms with Gasteiger partial charge in [0.2, 0.25) is 0 Å². The fourth-order valence-electron chi connectivity index (χ4n) is 3.69. The zero-order chi connectivity index (χ0) is 17.4. The molecule has 2 aromatic rings. The fourth-order valence-corrected chi connectivity index (χ4v) is 3.69. The molecule has 2 N–H and O–H groups in total. The van der Waals surface area contributed by atoms with E-state index < -0.39 is 0 Å². The van der Waals surface area contributed by atoms with Gasteiger partial charge < -0.3 is 20.0 Å². The van der Waals surface area contributed by atoms with E-state index >= 15 is 0 Å². The Balaban J connectivity index is 1.78. The van der Waals surface area contributed by atoms with Crippen molar-refractivity contribution in [2.75, 3.05) is 37.6 Å². The lowest BCUT2D eigenvalue weighted by atomic mass is 9.93. The molecule has 4 rings (SSSR count). The van der Waals surface area contributed by atoms with Crippen LogP contribution in [0.25, 0.3) is 16.5 Å². The summed E-state index contributed by atoms with van der Waals surface area (Å²) < 4.78 is 5.69. The topological polar surface area (TPSA) is 57.5 Å². The number of hydrogen-bond acceptors (Lipinski definition) is 5. The Hall–Kier alpha value is -2.53. The quantitative estimate of drug-likeness (QED) is 0.825. The average molecular weight is 337 g/mol. The number of piperazine rings is 1. The van der Waals surface area contributed by atoms with Crippen molar-refractivity contribution in [3.8, 4) is 0 Å². The second kappa shape index (κ2) is 6.41. The molecule has 0 spiro atoms. The highest BCUT2D eigenvalue weighted by molar-refractivity contribution is 5.88. The van der Waals surface area contributed by atoms with Crippen molar-refractivity contribution in [3.05, 3.63) is 57.6 Å². The van der Waals surface area contributed by atoms with E-state index in [0.717, 1.165) is 60.5 Å². The van der Waals surface area contributed by atoms with Crippen molar-refractivity contribution < 1.29 is 4.42 Å². The molecule has 0 bridgehead atoms. The fraction of sp³-hybridized carbons (Fsp3) is 0.350. The van der Waals surface area contributed by atoms with Crippen LogP contribution < -0.4 is 21.2 Å². The van der Waals surface area contributed by atoms with Gasteiger partial charge in [-0.2, -0.15) is 0 Å². The van der Waals surface area contributed by atoms with Crippen LogP contribution in [0.3, 0.4) is 0 Å². The van der Waals surface area contributed by atoms with Gasteiger partial charge in [-0.05, 0) is 48.8 Å². The molecule has 0 aliphatic carbocycles. The molecule has 0 atom stereocenters. The Bertz CT molecular complexity index is 934. The smallest absolute Gasteiger partial charge is 0.344 e. The van der Waals surface area contributed by atoms with Crippen molar-refractivity contribution in [1.29, 1.82) is 0 Å². The van der Waals surface area contributed by atoms with Crippen molar-refractivity contribution in [2.24, 2.45) is 0 Å². The number of allylic oxidation sites excluding steroid dienone is 2. The summed E-state index contributed by atoms with van der Waals surface area (Å²) in [5.41, 5.74) is 5.36. The van der Waals surface area contributed by atoms with Crippen molar-refractivity contribution >= 4 is 22.2 Å². The van der Waals surface area contributed by atoms with Crippen LogP contribution in [0.1, 0.15) is 19.4 Å². The molecule has 5 heteroatoms. The number of benzene rings is 1. The van der Waals surface area contributed by atoms with E-state index in [4.69, 9.17) is 4.42 Å². The number of fused-ring (bicyclic) bond motifs is 1. The maximum absolute atomic E-state index is 12.6. The summed E-state index contributed by atoms with van der Waals surface area (Å²) in [6.45, 7) is 8.72. The zero-order valence-corrected chi connectivity index (χ0v) is 14.7. The predicted molar refractivity (Wildman–Crippen MR) is 102 cm³/mol. The summed E-state index contributed by atoms with van der Waals surface area (Å²) in [7, 11) is 0. The Morgan fingerprint density at radius 3 is 2.68 bits per heavy atom. The molecule has 1 fully saturated rings. The summed E-state index contributed by atoms with van der Waals surface area (Å²) in [5, 5.41) is 7.53. The van der Waals surface area contributed by atoms with Gasteiger partial charge >= 0.3 is 5.63 Å². The molecule has 0 saturated carbocycles. The SMILES string of the molecule is CC1=CNCC(C)=C1c1cc2ccc(N3CCNCC3)cc2oc1=O. The number of hydrogen-bond donors (Lipinski definition) is 2. The van der Waals surface area contributed by atoms with Gasteiger partial charge in [0.05, 0.1) is 5.56 Å². The first kappa shape index (κ1) is 16.0. The number of dihydropyridines is 1. The van der Waals surface area contributed by atoms with Crippen LogP contribution in [0.4, 0.5) is 5.69 Å². The van der Waals surface area contributed by atoms with Crippen LogP contribution in [0.15, 0.2) is 50.8 Å². The standard InChI is InChI=1S/C20H23N3O2/c1-13-11-22-12-14(2)19(13)17-9-15-3-4-16(10-18(15)25-20(17)24)23-7-5-21-6-8-23/h3-4,9-11,21-22H,5-8,12H2,1-2H3. The molecule has 0 amide bonds. The Kier molecular flexibility index (Phi) is 4.09. The average Bonchev–Trinajstić information content (AvgIpc) is 2.62. The van der Waals surface area contributed by atoms with E-state index in [0.29, 0.717) is 11.1 Å². The van der Waals surface area contributed by atoms with Crippen LogP contribution in [0.2, 0.25) is 0 Å². The molecule has 2 aliphatic heterocycles. The van der Waals surface area contributed by atoms with Crippen molar-refractivity contribution in [2.45, 2.75) is 13.8 Å². The summed E-state index contributed by atoms with van der Waals surface area (Å²) in [4.78, 5) is 15.0. The first-order chi connectivity index (χ1) is 12.1. The lowest BCUT2D eigenvalue weighted by Crippen LogP contribution is -2.43. The van der Waals surface area contributed by atoms with E-state index in [-0.39, 0.29) is 5.63 Å². The molecular formula is C20H23N3O2. The van der Waals surface area contributed by atoms with Gasteiger partial charge in [-0.15, -0.1) is 0 Å². The summed E-state index contributed by atoms with van der Waals surface area (Å²) in [6.07, 6.45) is 1.96. The van der Waals surface area contributed by atoms with Gasteiger partial charge in [-0.25, -0.2) is 4.79 Å². The van der Waals surface area contributed by atoms with Crippen LogP contribution >= 0.6 is 0 Å². The Labute approximate surface area is 147 Å². The third kappa shape index (κ3) is 2.96. The maximum atomic E-state index is 12.6. The van der Waals surface area contributed by atoms with Crippen molar-refractivity contribution in [1.82, 2.24) is 10.6 Å². The number of anilines is 1. The zero-order valence-electron chi connectivity index (χ0n) is 14.7. The van der Waals surface area contributed by atoms with E-state index in [1.165, 1.54) is 0 Å². The molecule has 25 heavy (non-hydrogen) atoms. The molecule has 130 valence electrons. The molecular weight excluding hydrogens is 314 g/mol. The molecule has 1 saturated heterocycles. The van der Waals surface area contributed by atoms with Crippen LogP contribution in [-0.2, 0) is 0 Å². The van der Waals surface area contributed by atoms with Gasteiger partial charge in [-0.3, -0.25) is 0 Å². The highest BCUT2D eigenvalue weighted by Crippen LogP contribution is 2.29. The minimum absolute atomic E-state index is 0.269. The normalized spacial score (nSPS) is 18.3. The van der Waals surface area contributed by atoms with Crippen LogP contribution in [0, 0.1) is 0 Å². The Morgan fingerprint density at radius 2 is 1.92 bits per heavy atom. The number of rotatable bonds is 2. The minimum Gasteiger partial charge on any atom is -0.422 e. The largest absolute Gasteiger partial charge is 0.422 e. The predicted octanol–water partition coefficient (Wildman–Crippen LogP) is 2.48. The molecule has 1 aromatic carbocycles. The summed E-state index contributed by atoms with van der Waals surface area (Å²) in [5.74, 6) is 0. The second-order valence-electron chi connectivity index (χ2n) is 6.77.